The Morgan fingerprint density at radius 1 is 0.905 bits per heavy atom. The molecule has 1 aliphatic rings. The summed E-state index contributed by atoms with van der Waals surface area (Å²) >= 11 is 6.14. The molecule has 0 nitrogen and oxygen atoms in total. The highest BCUT2D eigenvalue weighted by molar-refractivity contribution is 6.18. The van der Waals surface area contributed by atoms with Crippen molar-refractivity contribution in [2.75, 3.05) is 5.88 Å². The van der Waals surface area contributed by atoms with Crippen molar-refractivity contribution in [3.05, 3.63) is 70.5 Å². The SMILES string of the molecule is Fc1ccc(CC(CCl)Cc2ccc3c(c2)CCC3)cc1. The maximum Gasteiger partial charge on any atom is 0.123 e. The monoisotopic (exact) mass is 302 g/mol. The number of fused-ring (bicyclic) bond motifs is 1. The minimum absolute atomic E-state index is 0.181. The number of hydrogen-bond acceptors (Lipinski definition) is 0. The van der Waals surface area contributed by atoms with E-state index in [2.05, 4.69) is 18.2 Å². The summed E-state index contributed by atoms with van der Waals surface area (Å²) < 4.78 is 13.0. The third-order valence-electron chi connectivity index (χ3n) is 4.34. The molecule has 2 aromatic carbocycles. The Hall–Kier alpha value is -1.34. The second-order valence-electron chi connectivity index (χ2n) is 6.01. The molecular weight excluding hydrogens is 283 g/mol. The Morgan fingerprint density at radius 3 is 2.33 bits per heavy atom. The van der Waals surface area contributed by atoms with Crippen molar-refractivity contribution in [1.82, 2.24) is 0 Å². The Labute approximate surface area is 131 Å². The minimum Gasteiger partial charge on any atom is -0.207 e. The predicted octanol–water partition coefficient (Wildman–Crippen LogP) is 4.95. The number of halogens is 2. The van der Waals surface area contributed by atoms with Crippen molar-refractivity contribution in [3.63, 3.8) is 0 Å². The second-order valence-corrected chi connectivity index (χ2v) is 6.32. The lowest BCUT2D eigenvalue weighted by molar-refractivity contribution is 0.580. The quantitative estimate of drug-likeness (QED) is 0.685. The smallest absolute Gasteiger partial charge is 0.123 e. The molecule has 0 aliphatic heterocycles. The number of alkyl halides is 1. The third kappa shape index (κ3) is 3.65. The largest absolute Gasteiger partial charge is 0.207 e. The molecule has 2 aromatic rings. The van der Waals surface area contributed by atoms with Gasteiger partial charge in [0.05, 0.1) is 0 Å². The summed E-state index contributed by atoms with van der Waals surface area (Å²) in [5.41, 5.74) is 5.56. The summed E-state index contributed by atoms with van der Waals surface area (Å²) in [7, 11) is 0. The van der Waals surface area contributed by atoms with Gasteiger partial charge in [-0.3, -0.25) is 0 Å². The predicted molar refractivity (Wildman–Crippen MR) is 86.5 cm³/mol. The van der Waals surface area contributed by atoms with E-state index in [-0.39, 0.29) is 5.82 Å². The highest BCUT2D eigenvalue weighted by Crippen LogP contribution is 2.25. The van der Waals surface area contributed by atoms with Crippen molar-refractivity contribution in [3.8, 4) is 0 Å². The lowest BCUT2D eigenvalue weighted by Crippen LogP contribution is -2.10. The minimum atomic E-state index is -0.181. The van der Waals surface area contributed by atoms with Crippen LogP contribution in [0.15, 0.2) is 42.5 Å². The van der Waals surface area contributed by atoms with E-state index in [1.807, 2.05) is 12.1 Å². The molecule has 0 spiro atoms. The van der Waals surface area contributed by atoms with Gasteiger partial charge in [-0.25, -0.2) is 4.39 Å². The van der Waals surface area contributed by atoms with Gasteiger partial charge in [-0.15, -0.1) is 11.6 Å². The van der Waals surface area contributed by atoms with E-state index >= 15 is 0 Å². The normalized spacial score (nSPS) is 15.0. The number of hydrogen-bond donors (Lipinski definition) is 0. The van der Waals surface area contributed by atoms with E-state index in [1.165, 1.54) is 48.1 Å². The molecule has 0 bridgehead atoms. The molecular formula is C19H20ClF. The van der Waals surface area contributed by atoms with Gasteiger partial charge in [0.25, 0.3) is 0 Å². The van der Waals surface area contributed by atoms with Crippen molar-refractivity contribution in [2.24, 2.45) is 5.92 Å². The molecule has 0 saturated heterocycles. The Kier molecular flexibility index (Phi) is 4.60. The second kappa shape index (κ2) is 6.62. The zero-order chi connectivity index (χ0) is 14.7. The summed E-state index contributed by atoms with van der Waals surface area (Å²) in [6, 6.07) is 13.6. The Morgan fingerprint density at radius 2 is 1.57 bits per heavy atom. The first-order valence-electron chi connectivity index (χ1n) is 7.65. The van der Waals surface area contributed by atoms with Crippen LogP contribution in [0.4, 0.5) is 4.39 Å². The van der Waals surface area contributed by atoms with Gasteiger partial charge >= 0.3 is 0 Å². The maximum atomic E-state index is 13.0. The highest BCUT2D eigenvalue weighted by Gasteiger charge is 2.14. The summed E-state index contributed by atoms with van der Waals surface area (Å²) in [5.74, 6) is 0.852. The summed E-state index contributed by atoms with van der Waals surface area (Å²) in [6.45, 7) is 0. The average Bonchev–Trinajstić information content (AvgIpc) is 2.96. The fourth-order valence-electron chi connectivity index (χ4n) is 3.22. The van der Waals surface area contributed by atoms with E-state index in [0.29, 0.717) is 11.8 Å². The van der Waals surface area contributed by atoms with Crippen molar-refractivity contribution in [2.45, 2.75) is 32.1 Å². The molecule has 1 unspecified atom stereocenters. The molecule has 2 heteroatoms. The van der Waals surface area contributed by atoms with Crippen molar-refractivity contribution < 1.29 is 4.39 Å². The fraction of sp³-hybridized carbons (Fsp3) is 0.368. The number of rotatable bonds is 5. The zero-order valence-electron chi connectivity index (χ0n) is 12.1. The van der Waals surface area contributed by atoms with Crippen LogP contribution in [0.1, 0.15) is 28.7 Å². The van der Waals surface area contributed by atoms with E-state index in [9.17, 15) is 4.39 Å². The van der Waals surface area contributed by atoms with Gasteiger partial charge in [0.15, 0.2) is 0 Å². The van der Waals surface area contributed by atoms with Gasteiger partial charge in [-0.2, -0.15) is 0 Å². The molecule has 0 amide bonds. The molecule has 0 aromatic heterocycles. The van der Waals surface area contributed by atoms with Crippen molar-refractivity contribution in [1.29, 1.82) is 0 Å². The molecule has 1 atom stereocenters. The lowest BCUT2D eigenvalue weighted by atomic mass is 9.92. The maximum absolute atomic E-state index is 13.0. The molecule has 0 saturated carbocycles. The molecule has 0 N–H and O–H groups in total. The zero-order valence-corrected chi connectivity index (χ0v) is 12.9. The van der Waals surface area contributed by atoms with Crippen LogP contribution < -0.4 is 0 Å². The van der Waals surface area contributed by atoms with Crippen LogP contribution in [0, 0.1) is 11.7 Å². The van der Waals surface area contributed by atoms with E-state index in [0.717, 1.165) is 18.4 Å². The lowest BCUT2D eigenvalue weighted by Gasteiger charge is -2.15. The highest BCUT2D eigenvalue weighted by atomic mass is 35.5. The van der Waals surface area contributed by atoms with Crippen LogP contribution in [0.5, 0.6) is 0 Å². The van der Waals surface area contributed by atoms with E-state index in [1.54, 1.807) is 0 Å². The Balaban J connectivity index is 1.68. The van der Waals surface area contributed by atoms with Crippen molar-refractivity contribution >= 4 is 11.6 Å². The average molecular weight is 303 g/mol. The van der Waals surface area contributed by atoms with Gasteiger partial charge in [-0.05, 0) is 72.4 Å². The first-order valence-corrected chi connectivity index (χ1v) is 8.19. The summed E-state index contributed by atoms with van der Waals surface area (Å²) in [5, 5.41) is 0. The van der Waals surface area contributed by atoms with Crippen LogP contribution >= 0.6 is 11.6 Å². The van der Waals surface area contributed by atoms with Crippen LogP contribution in [0.25, 0.3) is 0 Å². The van der Waals surface area contributed by atoms with Gasteiger partial charge in [0.1, 0.15) is 5.82 Å². The first-order chi connectivity index (χ1) is 10.2. The Bertz CT molecular complexity index is 603. The first kappa shape index (κ1) is 14.6. The summed E-state index contributed by atoms with van der Waals surface area (Å²) in [6.07, 6.45) is 5.62. The molecule has 0 heterocycles. The standard InChI is InChI=1S/C19H20ClF/c20-13-16(10-14-5-8-19(21)9-6-14)11-15-4-7-17-2-1-3-18(17)12-15/h4-9,12,16H,1-3,10-11,13H2. The fourth-order valence-corrected chi connectivity index (χ4v) is 3.44. The van der Waals surface area contributed by atoms with Gasteiger partial charge < -0.3 is 0 Å². The molecule has 21 heavy (non-hydrogen) atoms. The molecule has 0 fully saturated rings. The molecule has 1 aliphatic carbocycles. The third-order valence-corrected chi connectivity index (χ3v) is 4.78. The van der Waals surface area contributed by atoms with Crippen LogP contribution in [-0.2, 0) is 25.7 Å². The van der Waals surface area contributed by atoms with Gasteiger partial charge in [0, 0.05) is 5.88 Å². The topological polar surface area (TPSA) is 0 Å². The van der Waals surface area contributed by atoms with Gasteiger partial charge in [0.2, 0.25) is 0 Å². The van der Waals surface area contributed by atoms with Crippen LogP contribution in [0.3, 0.4) is 0 Å². The van der Waals surface area contributed by atoms with Gasteiger partial charge in [-0.1, -0.05) is 30.3 Å². The van der Waals surface area contributed by atoms with E-state index < -0.39 is 0 Å². The summed E-state index contributed by atoms with van der Waals surface area (Å²) in [4.78, 5) is 0. The van der Waals surface area contributed by atoms with Crippen LogP contribution in [0.2, 0.25) is 0 Å². The molecule has 110 valence electrons. The van der Waals surface area contributed by atoms with E-state index in [4.69, 9.17) is 11.6 Å². The molecule has 3 rings (SSSR count). The molecule has 0 radical (unpaired) electrons. The number of benzene rings is 2. The van der Waals surface area contributed by atoms with Crippen LogP contribution in [-0.4, -0.2) is 5.88 Å². The number of aryl methyl sites for hydroxylation is 2.